The number of urea groups is 1. The van der Waals surface area contributed by atoms with Crippen LogP contribution < -0.4 is 9.30 Å². The first kappa shape index (κ1) is 22.0. The minimum Gasteiger partial charge on any atom is -0.724 e. The van der Waals surface area contributed by atoms with Gasteiger partial charge in [0.2, 0.25) is 10.4 Å². The van der Waals surface area contributed by atoms with Gasteiger partial charge in [0.1, 0.15) is 25.4 Å². The maximum atomic E-state index is 13.0. The summed E-state index contributed by atoms with van der Waals surface area (Å²) in [6, 6.07) is 2.48. The highest BCUT2D eigenvalue weighted by atomic mass is 32.3. The molecule has 1 fully saturated rings. The fourth-order valence-corrected chi connectivity index (χ4v) is 4.42. The van der Waals surface area contributed by atoms with Gasteiger partial charge >= 0.3 is 11.9 Å². The highest BCUT2D eigenvalue weighted by Gasteiger charge is 2.54. The number of likely N-dealkylation sites (N-methyl/N-ethyl adjacent to an activating group) is 1. The molecule has 2 bridgehead atoms. The molecule has 4 heterocycles. The van der Waals surface area contributed by atoms with Gasteiger partial charge in [0.05, 0.1) is 18.3 Å². The highest BCUT2D eigenvalue weighted by molar-refractivity contribution is 7.80. The number of fused-ring (bicyclic) bond motifs is 4. The number of ether oxygens (including phenoxy) is 1. The van der Waals surface area contributed by atoms with E-state index in [4.69, 9.17) is 4.74 Å². The quantitative estimate of drug-likeness (QED) is 0.304. The maximum absolute atomic E-state index is 13.0. The van der Waals surface area contributed by atoms with Crippen LogP contribution in [0.4, 0.5) is 4.79 Å². The van der Waals surface area contributed by atoms with Gasteiger partial charge in [-0.05, 0) is 6.07 Å². The van der Waals surface area contributed by atoms with E-state index < -0.39 is 34.4 Å². The van der Waals surface area contributed by atoms with Crippen LogP contribution in [-0.2, 0) is 40.2 Å². The summed E-state index contributed by atoms with van der Waals surface area (Å²) in [5.74, 6) is 0.137. The number of hydroxylamine groups is 2. The van der Waals surface area contributed by atoms with E-state index in [-0.39, 0.29) is 13.2 Å². The standard InChI is InChI=1S/C18H22N6O7S/c1-20(2)17(25)16-15-14(12-9-23(16)18(26)24(12)31-32(27,28)29)11(19-22(15)4)10-30-13-7-5-6-8-21(13)3/h5-8,12,16H,9-10H2,1-4H3. The summed E-state index contributed by atoms with van der Waals surface area (Å²) in [6.45, 7) is -0.0734. The molecule has 172 valence electrons. The van der Waals surface area contributed by atoms with Crippen molar-refractivity contribution in [2.24, 2.45) is 14.1 Å². The van der Waals surface area contributed by atoms with Crippen LogP contribution in [-0.4, -0.2) is 70.2 Å². The molecule has 2 aromatic rings. The Balaban J connectivity index is 1.79. The fourth-order valence-electron chi connectivity index (χ4n) is 4.05. The smallest absolute Gasteiger partial charge is 0.367 e. The van der Waals surface area contributed by atoms with Crippen molar-refractivity contribution >= 4 is 22.3 Å². The van der Waals surface area contributed by atoms with Crippen LogP contribution in [0.2, 0.25) is 0 Å². The van der Waals surface area contributed by atoms with E-state index in [1.807, 2.05) is 6.07 Å². The van der Waals surface area contributed by atoms with Crippen LogP contribution in [0, 0.1) is 0 Å². The molecule has 14 heteroatoms. The molecule has 2 aliphatic heterocycles. The van der Waals surface area contributed by atoms with Crippen molar-refractivity contribution in [1.29, 1.82) is 0 Å². The van der Waals surface area contributed by atoms with Crippen LogP contribution in [0.15, 0.2) is 24.4 Å². The summed E-state index contributed by atoms with van der Waals surface area (Å²) in [4.78, 5) is 28.4. The van der Waals surface area contributed by atoms with Gasteiger partial charge in [0, 0.05) is 32.8 Å². The number of aromatic nitrogens is 3. The van der Waals surface area contributed by atoms with Gasteiger partial charge < -0.3 is 19.1 Å². The van der Waals surface area contributed by atoms with Crippen molar-refractivity contribution in [2.45, 2.75) is 18.7 Å². The van der Waals surface area contributed by atoms with E-state index >= 15 is 0 Å². The maximum Gasteiger partial charge on any atom is 0.367 e. The zero-order valence-electron chi connectivity index (χ0n) is 17.8. The first-order valence-corrected chi connectivity index (χ1v) is 10.9. The van der Waals surface area contributed by atoms with E-state index in [1.54, 1.807) is 51.1 Å². The Bertz CT molecular complexity index is 1190. The Morgan fingerprint density at radius 3 is 2.72 bits per heavy atom. The zero-order chi connectivity index (χ0) is 23.4. The van der Waals surface area contributed by atoms with Gasteiger partial charge in [0.25, 0.3) is 5.91 Å². The summed E-state index contributed by atoms with van der Waals surface area (Å²) >= 11 is 0. The van der Waals surface area contributed by atoms with Crippen molar-refractivity contribution in [1.82, 2.24) is 24.6 Å². The molecule has 0 aromatic carbocycles. The molecule has 0 spiro atoms. The minimum atomic E-state index is -5.23. The predicted octanol–water partition coefficient (Wildman–Crippen LogP) is -0.863. The number of amides is 3. The number of rotatable bonds is 6. The van der Waals surface area contributed by atoms with E-state index in [9.17, 15) is 22.6 Å². The second kappa shape index (κ2) is 7.72. The largest absolute Gasteiger partial charge is 0.724 e. The highest BCUT2D eigenvalue weighted by Crippen LogP contribution is 2.46. The number of hydrogen-bond donors (Lipinski definition) is 0. The van der Waals surface area contributed by atoms with Gasteiger partial charge in [0.15, 0.2) is 12.2 Å². The Kier molecular flexibility index (Phi) is 5.30. The molecule has 0 radical (unpaired) electrons. The molecule has 13 nitrogen and oxygen atoms in total. The molecule has 2 unspecified atom stereocenters. The number of hydrogen-bond acceptors (Lipinski definition) is 8. The van der Waals surface area contributed by atoms with E-state index in [0.29, 0.717) is 27.9 Å². The van der Waals surface area contributed by atoms with Crippen LogP contribution in [0.25, 0.3) is 0 Å². The number of aryl methyl sites for hydroxylation is 2. The van der Waals surface area contributed by atoms with Gasteiger partial charge in [-0.3, -0.25) is 9.48 Å². The lowest BCUT2D eigenvalue weighted by Crippen LogP contribution is -2.44. The molecule has 0 N–H and O–H groups in total. The lowest BCUT2D eigenvalue weighted by Gasteiger charge is -2.32. The summed E-state index contributed by atoms with van der Waals surface area (Å²) in [5.41, 5.74) is 1.20. The molecule has 2 aliphatic rings. The topological polar surface area (TPSA) is 141 Å². The SMILES string of the molecule is CN(C)C(=O)C1c2c(c(COc3cccc[n+]3C)nn2C)C2CN1C(=O)N2OS(=O)(=O)[O-]. The second-order valence-electron chi connectivity index (χ2n) is 7.70. The monoisotopic (exact) mass is 466 g/mol. The van der Waals surface area contributed by atoms with Crippen molar-refractivity contribution < 1.29 is 36.1 Å². The first-order valence-electron chi connectivity index (χ1n) is 9.59. The molecule has 0 aliphatic carbocycles. The molecule has 1 saturated heterocycles. The molecular formula is C18H22N6O7S. The molecule has 4 rings (SSSR count). The zero-order valence-corrected chi connectivity index (χ0v) is 18.6. The summed E-state index contributed by atoms with van der Waals surface area (Å²) in [5, 5.41) is 4.97. The van der Waals surface area contributed by atoms with Gasteiger partial charge in [-0.15, -0.1) is 0 Å². The normalized spacial score (nSPS) is 19.8. The Labute approximate surface area is 184 Å². The Morgan fingerprint density at radius 1 is 1.38 bits per heavy atom. The van der Waals surface area contributed by atoms with E-state index in [1.165, 1.54) is 14.5 Å². The van der Waals surface area contributed by atoms with Gasteiger partial charge in [-0.25, -0.2) is 13.2 Å². The molecule has 2 aromatic heterocycles. The predicted molar refractivity (Wildman–Crippen MR) is 104 cm³/mol. The molecule has 0 saturated carbocycles. The van der Waals surface area contributed by atoms with Crippen LogP contribution >= 0.6 is 0 Å². The van der Waals surface area contributed by atoms with E-state index in [2.05, 4.69) is 9.38 Å². The molecular weight excluding hydrogens is 444 g/mol. The number of nitrogens with zero attached hydrogens (tertiary/aromatic N) is 6. The van der Waals surface area contributed by atoms with Gasteiger partial charge in [-0.1, -0.05) is 0 Å². The van der Waals surface area contributed by atoms with Gasteiger partial charge in [-0.2, -0.15) is 19.0 Å². The fraction of sp³-hybridized carbons (Fsp3) is 0.444. The summed E-state index contributed by atoms with van der Waals surface area (Å²) < 4.78 is 47.4. The van der Waals surface area contributed by atoms with Crippen molar-refractivity contribution in [3.63, 3.8) is 0 Å². The van der Waals surface area contributed by atoms with Crippen LogP contribution in [0.5, 0.6) is 5.88 Å². The summed E-state index contributed by atoms with van der Waals surface area (Å²) in [6.07, 6.45) is 1.80. The number of pyridine rings is 1. The Morgan fingerprint density at radius 2 is 2.09 bits per heavy atom. The second-order valence-corrected chi connectivity index (χ2v) is 8.67. The van der Waals surface area contributed by atoms with E-state index in [0.717, 1.165) is 0 Å². The molecule has 2 atom stereocenters. The first-order chi connectivity index (χ1) is 15.0. The molecule has 3 amide bonds. The average molecular weight is 466 g/mol. The third-order valence-electron chi connectivity index (χ3n) is 5.41. The van der Waals surface area contributed by atoms with Crippen LogP contribution in [0.3, 0.4) is 0 Å². The average Bonchev–Trinajstić information content (AvgIpc) is 3.17. The minimum absolute atomic E-state index is 0.0213. The van der Waals surface area contributed by atoms with Crippen molar-refractivity contribution in [2.75, 3.05) is 20.6 Å². The third-order valence-corrected chi connectivity index (χ3v) is 5.75. The number of carbonyl (C=O) groups excluding carboxylic acids is 2. The van der Waals surface area contributed by atoms with Crippen molar-refractivity contribution in [3.8, 4) is 5.88 Å². The lowest BCUT2D eigenvalue weighted by atomic mass is 9.94. The number of carbonyl (C=O) groups is 2. The Hall–Kier alpha value is -3.23. The van der Waals surface area contributed by atoms with Crippen LogP contribution in [0.1, 0.15) is 29.0 Å². The third kappa shape index (κ3) is 3.65. The van der Waals surface area contributed by atoms with Crippen molar-refractivity contribution in [3.05, 3.63) is 41.3 Å². The lowest BCUT2D eigenvalue weighted by molar-refractivity contribution is -0.677. The summed E-state index contributed by atoms with van der Waals surface area (Å²) in [7, 11) is 1.27. The molecule has 32 heavy (non-hydrogen) atoms.